The summed E-state index contributed by atoms with van der Waals surface area (Å²) in [7, 11) is 0. The predicted octanol–water partition coefficient (Wildman–Crippen LogP) is 3.23. The summed E-state index contributed by atoms with van der Waals surface area (Å²) in [5.74, 6) is 0. The standard InChI is InChI=1S/C15H11O/c16-12-11-15(13-7-3-1-4-8-13)14-9-5-2-6-10-14/h1-11H. The highest BCUT2D eigenvalue weighted by Crippen LogP contribution is 2.22. The zero-order chi connectivity index (χ0) is 11.2. The lowest BCUT2D eigenvalue weighted by Gasteiger charge is -2.06. The highest BCUT2D eigenvalue weighted by molar-refractivity contribution is 5.89. The van der Waals surface area contributed by atoms with Crippen molar-refractivity contribution in [1.29, 1.82) is 0 Å². The molecule has 1 nitrogen and oxygen atoms in total. The molecular weight excluding hydrogens is 196 g/mol. The molecule has 0 heterocycles. The van der Waals surface area contributed by atoms with Crippen LogP contribution in [-0.2, 0) is 4.79 Å². The van der Waals surface area contributed by atoms with Crippen LogP contribution in [0.3, 0.4) is 0 Å². The molecule has 0 N–H and O–H groups in total. The summed E-state index contributed by atoms with van der Waals surface area (Å²) < 4.78 is 0. The Morgan fingerprint density at radius 3 is 1.62 bits per heavy atom. The van der Waals surface area contributed by atoms with Crippen molar-refractivity contribution in [2.24, 2.45) is 0 Å². The van der Waals surface area contributed by atoms with Crippen molar-refractivity contribution in [3.8, 4) is 0 Å². The van der Waals surface area contributed by atoms with E-state index in [2.05, 4.69) is 0 Å². The van der Waals surface area contributed by atoms with E-state index >= 15 is 0 Å². The molecule has 0 amide bonds. The monoisotopic (exact) mass is 207 g/mol. The van der Waals surface area contributed by atoms with E-state index in [1.807, 2.05) is 66.9 Å². The summed E-state index contributed by atoms with van der Waals surface area (Å²) in [5.41, 5.74) is 2.95. The van der Waals surface area contributed by atoms with Crippen molar-refractivity contribution in [1.82, 2.24) is 0 Å². The number of benzene rings is 2. The topological polar surface area (TPSA) is 17.1 Å². The van der Waals surface area contributed by atoms with E-state index in [9.17, 15) is 4.79 Å². The molecule has 0 aliphatic carbocycles. The molecule has 0 aliphatic rings. The summed E-state index contributed by atoms with van der Waals surface area (Å²) in [6.45, 7) is 0. The van der Waals surface area contributed by atoms with Crippen LogP contribution in [0, 0.1) is 0 Å². The lowest BCUT2D eigenvalue weighted by atomic mass is 9.98. The van der Waals surface area contributed by atoms with Crippen molar-refractivity contribution >= 4 is 11.9 Å². The minimum absolute atomic E-state index is 0.899. The fourth-order valence-corrected chi connectivity index (χ4v) is 1.63. The Labute approximate surface area is 95.1 Å². The van der Waals surface area contributed by atoms with Gasteiger partial charge in [-0.25, -0.2) is 0 Å². The van der Waals surface area contributed by atoms with Gasteiger partial charge in [-0.3, -0.25) is 4.79 Å². The van der Waals surface area contributed by atoms with Crippen molar-refractivity contribution in [3.05, 3.63) is 77.9 Å². The van der Waals surface area contributed by atoms with E-state index in [0.29, 0.717) is 0 Å². The second-order valence-corrected chi connectivity index (χ2v) is 3.41. The number of hydrogen-bond acceptors (Lipinski definition) is 1. The Morgan fingerprint density at radius 2 is 1.25 bits per heavy atom. The number of carbonyl (C=O) groups excluding carboxylic acids is 1. The smallest absolute Gasteiger partial charge is 0.226 e. The average molecular weight is 207 g/mol. The number of allylic oxidation sites excluding steroid dienone is 1. The van der Waals surface area contributed by atoms with E-state index < -0.39 is 0 Å². The van der Waals surface area contributed by atoms with Crippen molar-refractivity contribution in [2.45, 2.75) is 0 Å². The van der Waals surface area contributed by atoms with E-state index in [-0.39, 0.29) is 0 Å². The highest BCUT2D eigenvalue weighted by Gasteiger charge is 2.02. The summed E-state index contributed by atoms with van der Waals surface area (Å²) in [4.78, 5) is 10.6. The molecule has 0 saturated carbocycles. The lowest BCUT2D eigenvalue weighted by molar-refractivity contribution is 0.564. The minimum atomic E-state index is 0.899. The number of rotatable bonds is 3. The molecule has 0 aliphatic heterocycles. The molecule has 0 spiro atoms. The molecular formula is C15H11O. The van der Waals surface area contributed by atoms with Gasteiger partial charge in [0.1, 0.15) is 0 Å². The number of hydrogen-bond donors (Lipinski definition) is 0. The van der Waals surface area contributed by atoms with Gasteiger partial charge in [0, 0.05) is 0 Å². The van der Waals surface area contributed by atoms with Gasteiger partial charge < -0.3 is 0 Å². The van der Waals surface area contributed by atoms with E-state index in [0.717, 1.165) is 16.7 Å². The highest BCUT2D eigenvalue weighted by atomic mass is 16.1. The van der Waals surface area contributed by atoms with Crippen LogP contribution < -0.4 is 0 Å². The van der Waals surface area contributed by atoms with Crippen LogP contribution in [0.1, 0.15) is 11.1 Å². The molecule has 0 unspecified atom stereocenters. The molecule has 1 radical (unpaired) electrons. The van der Waals surface area contributed by atoms with Crippen molar-refractivity contribution < 1.29 is 4.79 Å². The Morgan fingerprint density at radius 1 is 0.812 bits per heavy atom. The van der Waals surface area contributed by atoms with Gasteiger partial charge in [0.2, 0.25) is 6.29 Å². The molecule has 2 aromatic rings. The zero-order valence-corrected chi connectivity index (χ0v) is 8.76. The van der Waals surface area contributed by atoms with Gasteiger partial charge in [0.05, 0.1) is 0 Å². The summed E-state index contributed by atoms with van der Waals surface area (Å²) in [6, 6.07) is 19.7. The summed E-state index contributed by atoms with van der Waals surface area (Å²) in [6.07, 6.45) is 3.33. The summed E-state index contributed by atoms with van der Waals surface area (Å²) in [5, 5.41) is 0. The van der Waals surface area contributed by atoms with Gasteiger partial charge in [0.15, 0.2) is 0 Å². The second kappa shape index (κ2) is 5.08. The quantitative estimate of drug-likeness (QED) is 0.706. The van der Waals surface area contributed by atoms with Crippen molar-refractivity contribution in [2.75, 3.05) is 0 Å². The Balaban J connectivity index is 2.48. The molecule has 2 aromatic carbocycles. The van der Waals surface area contributed by atoms with E-state index in [1.165, 1.54) is 6.08 Å². The van der Waals surface area contributed by atoms with Crippen LogP contribution in [0.15, 0.2) is 66.7 Å². The Bertz CT molecular complexity index is 442. The molecule has 0 aromatic heterocycles. The van der Waals surface area contributed by atoms with Crippen LogP contribution in [-0.4, -0.2) is 6.29 Å². The fraction of sp³-hybridized carbons (Fsp3) is 0. The largest absolute Gasteiger partial charge is 0.286 e. The SMILES string of the molecule is O=[C]C=C(c1ccccc1)c1ccccc1. The first-order valence-electron chi connectivity index (χ1n) is 5.10. The molecule has 0 saturated heterocycles. The molecule has 0 atom stereocenters. The minimum Gasteiger partial charge on any atom is -0.286 e. The predicted molar refractivity (Wildman–Crippen MR) is 65.7 cm³/mol. The maximum Gasteiger partial charge on any atom is 0.226 e. The third-order valence-corrected chi connectivity index (χ3v) is 2.37. The molecule has 77 valence electrons. The van der Waals surface area contributed by atoms with Gasteiger partial charge in [-0.1, -0.05) is 60.7 Å². The van der Waals surface area contributed by atoms with Gasteiger partial charge in [-0.2, -0.15) is 0 Å². The molecule has 0 bridgehead atoms. The fourth-order valence-electron chi connectivity index (χ4n) is 1.63. The molecule has 0 fully saturated rings. The van der Waals surface area contributed by atoms with Crippen LogP contribution in [0.4, 0.5) is 0 Å². The first kappa shape index (κ1) is 10.4. The average Bonchev–Trinajstić information content (AvgIpc) is 2.38. The van der Waals surface area contributed by atoms with Crippen LogP contribution in [0.2, 0.25) is 0 Å². The van der Waals surface area contributed by atoms with Gasteiger partial charge in [-0.05, 0) is 22.8 Å². The normalized spacial score (nSPS) is 9.50. The van der Waals surface area contributed by atoms with Gasteiger partial charge >= 0.3 is 0 Å². The van der Waals surface area contributed by atoms with Gasteiger partial charge in [0.25, 0.3) is 0 Å². The van der Waals surface area contributed by atoms with Crippen LogP contribution in [0.5, 0.6) is 0 Å². The third-order valence-electron chi connectivity index (χ3n) is 2.37. The second-order valence-electron chi connectivity index (χ2n) is 3.41. The van der Waals surface area contributed by atoms with Gasteiger partial charge in [-0.15, -0.1) is 0 Å². The van der Waals surface area contributed by atoms with Crippen LogP contribution >= 0.6 is 0 Å². The maximum atomic E-state index is 10.6. The maximum absolute atomic E-state index is 10.6. The van der Waals surface area contributed by atoms with Crippen molar-refractivity contribution in [3.63, 3.8) is 0 Å². The molecule has 16 heavy (non-hydrogen) atoms. The van der Waals surface area contributed by atoms with E-state index in [4.69, 9.17) is 0 Å². The Hall–Kier alpha value is -2.15. The molecule has 1 heteroatoms. The van der Waals surface area contributed by atoms with Crippen LogP contribution in [0.25, 0.3) is 5.57 Å². The summed E-state index contributed by atoms with van der Waals surface area (Å²) >= 11 is 0. The third kappa shape index (κ3) is 2.26. The zero-order valence-electron chi connectivity index (χ0n) is 8.76. The first-order valence-corrected chi connectivity index (χ1v) is 5.10. The first-order chi connectivity index (χ1) is 7.92. The lowest BCUT2D eigenvalue weighted by Crippen LogP contribution is -1.87. The van der Waals surface area contributed by atoms with E-state index in [1.54, 1.807) is 0 Å². The molecule has 2 rings (SSSR count). The Kier molecular flexibility index (Phi) is 3.29.